The molecule has 1 aromatic carbocycles. The third kappa shape index (κ3) is 2.09. The first-order valence-electron chi connectivity index (χ1n) is 7.46. The summed E-state index contributed by atoms with van der Waals surface area (Å²) >= 11 is 0. The van der Waals surface area contributed by atoms with Crippen LogP contribution in [0.4, 0.5) is 0 Å². The van der Waals surface area contributed by atoms with E-state index in [1.165, 1.54) is 0 Å². The number of benzene rings is 1. The summed E-state index contributed by atoms with van der Waals surface area (Å²) in [6.45, 7) is 3.95. The SMILES string of the molecule is CCOC(=O)[C@@H](CC)n1c(=O)c2cccn2c2ccccc21. The number of aromatic nitrogens is 2. The van der Waals surface area contributed by atoms with Gasteiger partial charge in [0.25, 0.3) is 5.56 Å². The summed E-state index contributed by atoms with van der Waals surface area (Å²) in [5.74, 6) is -0.367. The smallest absolute Gasteiger partial charge is 0.329 e. The molecule has 0 bridgehead atoms. The molecule has 0 aliphatic carbocycles. The zero-order valence-electron chi connectivity index (χ0n) is 12.7. The van der Waals surface area contributed by atoms with Crippen molar-refractivity contribution in [2.24, 2.45) is 0 Å². The molecule has 114 valence electrons. The van der Waals surface area contributed by atoms with Crippen molar-refractivity contribution < 1.29 is 9.53 Å². The van der Waals surface area contributed by atoms with Crippen LogP contribution in [0.1, 0.15) is 26.3 Å². The predicted molar refractivity (Wildman–Crippen MR) is 85.1 cm³/mol. The van der Waals surface area contributed by atoms with Gasteiger partial charge in [0.15, 0.2) is 0 Å². The lowest BCUT2D eigenvalue weighted by Crippen LogP contribution is -2.32. The summed E-state index contributed by atoms with van der Waals surface area (Å²) in [5, 5.41) is 0. The summed E-state index contributed by atoms with van der Waals surface area (Å²) in [4.78, 5) is 25.1. The van der Waals surface area contributed by atoms with E-state index in [0.717, 1.165) is 11.0 Å². The molecular formula is C17H18N2O3. The molecule has 0 saturated carbocycles. The van der Waals surface area contributed by atoms with Crippen molar-refractivity contribution >= 4 is 22.5 Å². The van der Waals surface area contributed by atoms with Gasteiger partial charge in [-0.3, -0.25) is 9.36 Å². The number of hydrogen-bond acceptors (Lipinski definition) is 3. The molecular weight excluding hydrogens is 280 g/mol. The molecule has 0 N–H and O–H groups in total. The Bertz CT molecular complexity index is 892. The Morgan fingerprint density at radius 1 is 1.09 bits per heavy atom. The quantitative estimate of drug-likeness (QED) is 0.696. The van der Waals surface area contributed by atoms with Gasteiger partial charge in [-0.2, -0.15) is 0 Å². The van der Waals surface area contributed by atoms with E-state index in [1.807, 2.05) is 47.9 Å². The van der Waals surface area contributed by atoms with Crippen LogP contribution in [0.15, 0.2) is 47.4 Å². The fourth-order valence-electron chi connectivity index (χ4n) is 2.87. The normalized spacial score (nSPS) is 12.6. The zero-order valence-corrected chi connectivity index (χ0v) is 12.7. The average molecular weight is 298 g/mol. The van der Waals surface area contributed by atoms with E-state index in [1.54, 1.807) is 17.6 Å². The van der Waals surface area contributed by atoms with Crippen molar-refractivity contribution in [1.82, 2.24) is 8.97 Å². The molecule has 0 amide bonds. The Balaban J connectivity index is 2.37. The number of ether oxygens (including phenoxy) is 1. The zero-order chi connectivity index (χ0) is 15.7. The van der Waals surface area contributed by atoms with Crippen LogP contribution in [0.2, 0.25) is 0 Å². The highest BCUT2D eigenvalue weighted by molar-refractivity contribution is 5.82. The van der Waals surface area contributed by atoms with Gasteiger partial charge >= 0.3 is 5.97 Å². The Morgan fingerprint density at radius 2 is 1.77 bits per heavy atom. The van der Waals surface area contributed by atoms with Crippen LogP contribution in [0.3, 0.4) is 0 Å². The van der Waals surface area contributed by atoms with Crippen LogP contribution >= 0.6 is 0 Å². The largest absolute Gasteiger partial charge is 0.464 e. The standard InChI is InChI=1S/C17H18N2O3/c1-3-12(17(21)22-4-2)19-14-9-6-5-8-13(14)18-11-7-10-15(18)16(19)20/h5-12H,3-4H2,1-2H3/t12-/m1/s1. The van der Waals surface area contributed by atoms with Crippen LogP contribution in [-0.4, -0.2) is 21.5 Å². The van der Waals surface area contributed by atoms with Crippen molar-refractivity contribution in [2.45, 2.75) is 26.3 Å². The number of nitrogens with zero attached hydrogens (tertiary/aromatic N) is 2. The molecule has 5 heteroatoms. The molecule has 0 radical (unpaired) electrons. The van der Waals surface area contributed by atoms with Gasteiger partial charge in [0.1, 0.15) is 11.6 Å². The maximum absolute atomic E-state index is 12.8. The molecule has 0 fully saturated rings. The van der Waals surface area contributed by atoms with Crippen LogP contribution < -0.4 is 5.56 Å². The lowest BCUT2D eigenvalue weighted by atomic mass is 10.2. The van der Waals surface area contributed by atoms with Gasteiger partial charge in [0, 0.05) is 6.20 Å². The summed E-state index contributed by atoms with van der Waals surface area (Å²) in [5.41, 5.74) is 2.01. The van der Waals surface area contributed by atoms with Crippen molar-refractivity contribution in [3.05, 3.63) is 52.9 Å². The van der Waals surface area contributed by atoms with Gasteiger partial charge in [-0.05, 0) is 37.6 Å². The van der Waals surface area contributed by atoms with E-state index in [0.29, 0.717) is 18.5 Å². The summed E-state index contributed by atoms with van der Waals surface area (Å²) in [7, 11) is 0. The number of carbonyl (C=O) groups excluding carboxylic acids is 1. The van der Waals surface area contributed by atoms with Crippen LogP contribution in [0.5, 0.6) is 0 Å². The number of carbonyl (C=O) groups is 1. The highest BCUT2D eigenvalue weighted by Gasteiger charge is 2.24. The lowest BCUT2D eigenvalue weighted by molar-refractivity contribution is -0.147. The molecule has 22 heavy (non-hydrogen) atoms. The second-order valence-electron chi connectivity index (χ2n) is 5.10. The molecule has 0 unspecified atom stereocenters. The topological polar surface area (TPSA) is 52.7 Å². The van der Waals surface area contributed by atoms with E-state index in [-0.39, 0.29) is 11.5 Å². The van der Waals surface area contributed by atoms with Gasteiger partial charge in [0.2, 0.25) is 0 Å². The van der Waals surface area contributed by atoms with Crippen LogP contribution in [0, 0.1) is 0 Å². The molecule has 0 saturated heterocycles. The highest BCUT2D eigenvalue weighted by atomic mass is 16.5. The summed E-state index contributed by atoms with van der Waals surface area (Å²) in [6, 6.07) is 10.6. The lowest BCUT2D eigenvalue weighted by Gasteiger charge is -2.20. The van der Waals surface area contributed by atoms with E-state index in [2.05, 4.69) is 0 Å². The fraction of sp³-hybridized carbons (Fsp3) is 0.294. The van der Waals surface area contributed by atoms with Crippen molar-refractivity contribution in [2.75, 3.05) is 6.61 Å². The van der Waals surface area contributed by atoms with Gasteiger partial charge < -0.3 is 9.14 Å². The fourth-order valence-corrected chi connectivity index (χ4v) is 2.87. The van der Waals surface area contributed by atoms with Crippen molar-refractivity contribution in [3.63, 3.8) is 0 Å². The molecule has 2 aromatic heterocycles. The summed E-state index contributed by atoms with van der Waals surface area (Å²) < 4.78 is 8.55. The second-order valence-corrected chi connectivity index (χ2v) is 5.10. The first-order chi connectivity index (χ1) is 10.7. The number of hydrogen-bond donors (Lipinski definition) is 0. The Hall–Kier alpha value is -2.56. The Morgan fingerprint density at radius 3 is 2.45 bits per heavy atom. The maximum Gasteiger partial charge on any atom is 0.329 e. The molecule has 3 aromatic rings. The second kappa shape index (κ2) is 5.67. The monoisotopic (exact) mass is 298 g/mol. The van der Waals surface area contributed by atoms with Gasteiger partial charge in [0.05, 0.1) is 17.6 Å². The van der Waals surface area contributed by atoms with Gasteiger partial charge in [-0.15, -0.1) is 0 Å². The van der Waals surface area contributed by atoms with E-state index < -0.39 is 6.04 Å². The minimum Gasteiger partial charge on any atom is -0.464 e. The first-order valence-corrected chi connectivity index (χ1v) is 7.46. The number of esters is 1. The van der Waals surface area contributed by atoms with Crippen molar-refractivity contribution in [1.29, 1.82) is 0 Å². The van der Waals surface area contributed by atoms with Crippen molar-refractivity contribution in [3.8, 4) is 0 Å². The molecule has 5 nitrogen and oxygen atoms in total. The molecule has 1 atom stereocenters. The minimum absolute atomic E-state index is 0.177. The third-order valence-corrected chi connectivity index (χ3v) is 3.84. The molecule has 3 rings (SSSR count). The van der Waals surface area contributed by atoms with Gasteiger partial charge in [-0.25, -0.2) is 4.79 Å². The first kappa shape index (κ1) is 14.4. The molecule has 2 heterocycles. The number of para-hydroxylation sites is 2. The Kier molecular flexibility index (Phi) is 3.71. The summed E-state index contributed by atoms with van der Waals surface area (Å²) in [6.07, 6.45) is 2.36. The minimum atomic E-state index is -0.614. The van der Waals surface area contributed by atoms with E-state index in [4.69, 9.17) is 4.74 Å². The average Bonchev–Trinajstić information content (AvgIpc) is 3.01. The number of fused-ring (bicyclic) bond motifs is 3. The molecule has 0 aliphatic rings. The predicted octanol–water partition coefficient (Wildman–Crippen LogP) is 2.77. The van der Waals surface area contributed by atoms with E-state index >= 15 is 0 Å². The van der Waals surface area contributed by atoms with Gasteiger partial charge in [-0.1, -0.05) is 19.1 Å². The maximum atomic E-state index is 12.8. The van der Waals surface area contributed by atoms with Crippen LogP contribution in [-0.2, 0) is 9.53 Å². The van der Waals surface area contributed by atoms with Crippen LogP contribution in [0.25, 0.3) is 16.6 Å². The highest BCUT2D eigenvalue weighted by Crippen LogP contribution is 2.21. The molecule has 0 spiro atoms. The third-order valence-electron chi connectivity index (χ3n) is 3.84. The van der Waals surface area contributed by atoms with E-state index in [9.17, 15) is 9.59 Å². The number of rotatable bonds is 4. The Labute approximate surface area is 127 Å². The molecule has 0 aliphatic heterocycles.